The Morgan fingerprint density at radius 2 is 1.90 bits per heavy atom. The second-order valence-electron chi connectivity index (χ2n) is 5.27. The average molecular weight is 349 g/mol. The van der Waals surface area contributed by atoms with E-state index in [1.807, 2.05) is 25.1 Å². The summed E-state index contributed by atoms with van der Waals surface area (Å²) >= 11 is 3.46. The van der Waals surface area contributed by atoms with Crippen molar-refractivity contribution in [1.29, 1.82) is 0 Å². The zero-order valence-electron chi connectivity index (χ0n) is 12.7. The van der Waals surface area contributed by atoms with Gasteiger partial charge in [-0.1, -0.05) is 39.7 Å². The quantitative estimate of drug-likeness (QED) is 0.845. The molecule has 0 aliphatic carbocycles. The molecule has 0 heterocycles. The van der Waals surface area contributed by atoms with Crippen LogP contribution >= 0.6 is 15.9 Å². The van der Waals surface area contributed by atoms with E-state index in [4.69, 9.17) is 4.74 Å². The molecule has 2 aromatic carbocycles. The van der Waals surface area contributed by atoms with E-state index in [0.29, 0.717) is 13.0 Å². The molecule has 2 nitrogen and oxygen atoms in total. The summed E-state index contributed by atoms with van der Waals surface area (Å²) in [6.07, 6.45) is 0.00822. The van der Waals surface area contributed by atoms with Crippen LogP contribution in [0.3, 0.4) is 0 Å². The number of rotatable bonds is 5. The molecule has 0 fully saturated rings. The van der Waals surface area contributed by atoms with Crippen LogP contribution in [0.1, 0.15) is 35.3 Å². The third-order valence-electron chi connectivity index (χ3n) is 3.55. The van der Waals surface area contributed by atoms with Crippen LogP contribution in [-0.4, -0.2) is 11.7 Å². The number of aliphatic hydroxyl groups excluding tert-OH is 1. The monoisotopic (exact) mass is 348 g/mol. The molecule has 0 saturated carbocycles. The number of aryl methyl sites for hydroxylation is 2. The third kappa shape index (κ3) is 4.08. The molecule has 0 aliphatic heterocycles. The molecule has 2 aromatic rings. The second kappa shape index (κ2) is 7.10. The Hall–Kier alpha value is -1.32. The van der Waals surface area contributed by atoms with Gasteiger partial charge in [0, 0.05) is 16.5 Å². The van der Waals surface area contributed by atoms with Gasteiger partial charge in [-0.25, -0.2) is 0 Å². The number of aliphatic hydroxyl groups is 1. The van der Waals surface area contributed by atoms with E-state index in [-0.39, 0.29) is 0 Å². The summed E-state index contributed by atoms with van der Waals surface area (Å²) in [4.78, 5) is 0. The highest BCUT2D eigenvalue weighted by Gasteiger charge is 2.16. The summed E-state index contributed by atoms with van der Waals surface area (Å²) < 4.78 is 6.57. The molecule has 0 aromatic heterocycles. The maximum atomic E-state index is 10.6. The van der Waals surface area contributed by atoms with Gasteiger partial charge in [0.2, 0.25) is 0 Å². The highest BCUT2D eigenvalue weighted by atomic mass is 79.9. The van der Waals surface area contributed by atoms with Crippen molar-refractivity contribution in [3.05, 3.63) is 63.1 Å². The molecular weight excluding hydrogens is 328 g/mol. The first kappa shape index (κ1) is 16.1. The Morgan fingerprint density at radius 3 is 2.62 bits per heavy atom. The Bertz CT molecular complexity index is 623. The maximum absolute atomic E-state index is 10.6. The maximum Gasteiger partial charge on any atom is 0.125 e. The van der Waals surface area contributed by atoms with E-state index >= 15 is 0 Å². The summed E-state index contributed by atoms with van der Waals surface area (Å²) in [6.45, 7) is 6.68. The van der Waals surface area contributed by atoms with Crippen molar-refractivity contribution in [2.45, 2.75) is 33.3 Å². The number of ether oxygens (including phenoxy) is 1. The predicted molar refractivity (Wildman–Crippen MR) is 89.9 cm³/mol. The van der Waals surface area contributed by atoms with Crippen LogP contribution in [0, 0.1) is 13.8 Å². The number of hydrogen-bond acceptors (Lipinski definition) is 2. The van der Waals surface area contributed by atoms with Crippen molar-refractivity contribution in [1.82, 2.24) is 0 Å². The van der Waals surface area contributed by atoms with Crippen LogP contribution < -0.4 is 4.74 Å². The molecule has 0 bridgehead atoms. The summed E-state index contributed by atoms with van der Waals surface area (Å²) in [5, 5.41) is 10.6. The van der Waals surface area contributed by atoms with Gasteiger partial charge < -0.3 is 9.84 Å². The van der Waals surface area contributed by atoms with Crippen molar-refractivity contribution < 1.29 is 9.84 Å². The lowest BCUT2D eigenvalue weighted by atomic mass is 9.96. The standard InChI is InChI=1S/C18H21BrO2/c1-4-21-18-8-7-15(19)11-16(18)17(20)10-14-9-12(2)5-6-13(14)3/h5-9,11,17,20H,4,10H2,1-3H3. The van der Waals surface area contributed by atoms with E-state index < -0.39 is 6.10 Å². The summed E-state index contributed by atoms with van der Waals surface area (Å²) in [5.41, 5.74) is 4.41. The molecule has 1 unspecified atom stereocenters. The van der Waals surface area contributed by atoms with Gasteiger partial charge in [-0.2, -0.15) is 0 Å². The minimum atomic E-state index is -0.579. The van der Waals surface area contributed by atoms with Gasteiger partial charge in [0.15, 0.2) is 0 Å². The molecule has 1 N–H and O–H groups in total. The van der Waals surface area contributed by atoms with E-state index in [1.54, 1.807) is 0 Å². The molecule has 0 spiro atoms. The first-order valence-electron chi connectivity index (χ1n) is 7.17. The predicted octanol–water partition coefficient (Wildman–Crippen LogP) is 4.74. The minimum Gasteiger partial charge on any atom is -0.493 e. The number of halogens is 1. The van der Waals surface area contributed by atoms with Crippen LogP contribution in [0.5, 0.6) is 5.75 Å². The van der Waals surface area contributed by atoms with Crippen molar-refractivity contribution in [3.63, 3.8) is 0 Å². The molecule has 0 aliphatic rings. The smallest absolute Gasteiger partial charge is 0.125 e. The summed E-state index contributed by atoms with van der Waals surface area (Å²) in [5.74, 6) is 0.749. The lowest BCUT2D eigenvalue weighted by molar-refractivity contribution is 0.172. The normalized spacial score (nSPS) is 12.2. The molecule has 3 heteroatoms. The first-order valence-corrected chi connectivity index (χ1v) is 7.97. The molecular formula is C18H21BrO2. The molecule has 0 saturated heterocycles. The zero-order chi connectivity index (χ0) is 15.4. The zero-order valence-corrected chi connectivity index (χ0v) is 14.3. The largest absolute Gasteiger partial charge is 0.493 e. The first-order chi connectivity index (χ1) is 10.0. The third-order valence-corrected chi connectivity index (χ3v) is 4.04. The Labute approximate surface area is 134 Å². The molecule has 0 radical (unpaired) electrons. The fraction of sp³-hybridized carbons (Fsp3) is 0.333. The Kier molecular flexibility index (Phi) is 5.43. The van der Waals surface area contributed by atoms with Gasteiger partial charge in [0.05, 0.1) is 12.7 Å². The highest BCUT2D eigenvalue weighted by molar-refractivity contribution is 9.10. The van der Waals surface area contributed by atoms with Crippen molar-refractivity contribution >= 4 is 15.9 Å². The Morgan fingerprint density at radius 1 is 1.14 bits per heavy atom. The molecule has 2 rings (SSSR count). The summed E-state index contributed by atoms with van der Waals surface area (Å²) in [7, 11) is 0. The average Bonchev–Trinajstić information content (AvgIpc) is 2.45. The van der Waals surface area contributed by atoms with E-state index in [9.17, 15) is 5.11 Å². The molecule has 112 valence electrons. The highest BCUT2D eigenvalue weighted by Crippen LogP contribution is 2.31. The van der Waals surface area contributed by atoms with Crippen molar-refractivity contribution in [2.24, 2.45) is 0 Å². The van der Waals surface area contributed by atoms with Crippen molar-refractivity contribution in [3.8, 4) is 5.75 Å². The summed E-state index contributed by atoms with van der Waals surface area (Å²) in [6, 6.07) is 12.1. The SMILES string of the molecule is CCOc1ccc(Br)cc1C(O)Cc1cc(C)ccc1C. The lowest BCUT2D eigenvalue weighted by Crippen LogP contribution is -2.06. The minimum absolute atomic E-state index is 0.579. The van der Waals surface area contributed by atoms with Gasteiger partial charge in [-0.15, -0.1) is 0 Å². The lowest BCUT2D eigenvalue weighted by Gasteiger charge is -2.17. The molecule has 21 heavy (non-hydrogen) atoms. The Balaban J connectivity index is 2.29. The fourth-order valence-electron chi connectivity index (χ4n) is 2.41. The van der Waals surface area contributed by atoms with Gasteiger partial charge >= 0.3 is 0 Å². The topological polar surface area (TPSA) is 29.5 Å². The van der Waals surface area contributed by atoms with Gasteiger partial charge in [-0.3, -0.25) is 0 Å². The van der Waals surface area contributed by atoms with E-state index in [1.165, 1.54) is 16.7 Å². The van der Waals surface area contributed by atoms with Gasteiger partial charge in [-0.05, 0) is 50.1 Å². The van der Waals surface area contributed by atoms with Crippen LogP contribution in [0.2, 0.25) is 0 Å². The fourth-order valence-corrected chi connectivity index (χ4v) is 2.78. The van der Waals surface area contributed by atoms with Crippen LogP contribution in [0.4, 0.5) is 0 Å². The van der Waals surface area contributed by atoms with Crippen LogP contribution in [0.15, 0.2) is 40.9 Å². The van der Waals surface area contributed by atoms with Crippen molar-refractivity contribution in [2.75, 3.05) is 6.61 Å². The van der Waals surface area contributed by atoms with E-state index in [2.05, 4.69) is 48.0 Å². The molecule has 0 amide bonds. The van der Waals surface area contributed by atoms with Crippen LogP contribution in [-0.2, 0) is 6.42 Å². The van der Waals surface area contributed by atoms with Crippen LogP contribution in [0.25, 0.3) is 0 Å². The second-order valence-corrected chi connectivity index (χ2v) is 6.18. The van der Waals surface area contributed by atoms with Gasteiger partial charge in [0.25, 0.3) is 0 Å². The number of hydrogen-bond donors (Lipinski definition) is 1. The van der Waals surface area contributed by atoms with Gasteiger partial charge in [0.1, 0.15) is 5.75 Å². The number of benzene rings is 2. The van der Waals surface area contributed by atoms with E-state index in [0.717, 1.165) is 15.8 Å². The molecule has 1 atom stereocenters.